The van der Waals surface area contributed by atoms with E-state index in [1.54, 1.807) is 0 Å². The van der Waals surface area contributed by atoms with Gasteiger partial charge in [-0.1, -0.05) is 20.8 Å². The number of rotatable bonds is 0. The topological polar surface area (TPSA) is 12.5 Å². The Labute approximate surface area is 74.9 Å². The van der Waals surface area contributed by atoms with E-state index in [4.69, 9.17) is 4.74 Å². The van der Waals surface area contributed by atoms with E-state index >= 15 is 0 Å². The second-order valence-corrected chi connectivity index (χ2v) is 5.33. The van der Waals surface area contributed by atoms with Gasteiger partial charge in [-0.05, 0) is 18.9 Å². The second kappa shape index (κ2) is 2.24. The molecule has 0 aromatic heterocycles. The van der Waals surface area contributed by atoms with Crippen molar-refractivity contribution < 1.29 is 4.74 Å². The molecule has 0 N–H and O–H groups in total. The Morgan fingerprint density at radius 1 is 1.42 bits per heavy atom. The van der Waals surface area contributed by atoms with E-state index in [2.05, 4.69) is 32.7 Å². The van der Waals surface area contributed by atoms with Crippen molar-refractivity contribution in [1.29, 1.82) is 0 Å². The predicted molar refractivity (Wildman–Crippen MR) is 49.2 cm³/mol. The molecular weight excluding hydrogens is 150 g/mol. The van der Waals surface area contributed by atoms with Crippen molar-refractivity contribution in [3.63, 3.8) is 0 Å². The van der Waals surface area contributed by atoms with Crippen LogP contribution in [0.15, 0.2) is 0 Å². The molecule has 0 aromatic carbocycles. The first-order valence-electron chi connectivity index (χ1n) is 4.79. The molecule has 2 heteroatoms. The highest BCUT2D eigenvalue weighted by molar-refractivity contribution is 5.07. The van der Waals surface area contributed by atoms with Crippen LogP contribution >= 0.6 is 0 Å². The molecule has 0 amide bonds. The van der Waals surface area contributed by atoms with E-state index in [1.807, 2.05) is 0 Å². The normalized spacial score (nSPS) is 42.5. The number of hydrogen-bond acceptors (Lipinski definition) is 2. The lowest BCUT2D eigenvalue weighted by Crippen LogP contribution is -2.48. The number of likely N-dealkylation sites (tertiary alicyclic amines) is 1. The van der Waals surface area contributed by atoms with Gasteiger partial charge in [-0.2, -0.15) is 0 Å². The maximum Gasteiger partial charge on any atom is 0.0873 e. The maximum absolute atomic E-state index is 5.93. The van der Waals surface area contributed by atoms with E-state index in [0.29, 0.717) is 6.04 Å². The first-order valence-corrected chi connectivity index (χ1v) is 4.79. The van der Waals surface area contributed by atoms with Crippen LogP contribution in [0.5, 0.6) is 0 Å². The smallest absolute Gasteiger partial charge is 0.0873 e. The van der Waals surface area contributed by atoms with Crippen molar-refractivity contribution in [2.24, 2.45) is 5.41 Å². The predicted octanol–water partition coefficient (Wildman–Crippen LogP) is 1.51. The summed E-state index contributed by atoms with van der Waals surface area (Å²) in [4.78, 5) is 2.44. The highest BCUT2D eigenvalue weighted by atomic mass is 16.5. The van der Waals surface area contributed by atoms with Crippen LogP contribution in [0.2, 0.25) is 0 Å². The van der Waals surface area contributed by atoms with Crippen LogP contribution in [-0.2, 0) is 4.74 Å². The number of morpholine rings is 1. The van der Waals surface area contributed by atoms with E-state index < -0.39 is 0 Å². The third-order valence-electron chi connectivity index (χ3n) is 3.61. The van der Waals surface area contributed by atoms with Crippen molar-refractivity contribution in [1.82, 2.24) is 4.90 Å². The molecule has 70 valence electrons. The van der Waals surface area contributed by atoms with Gasteiger partial charge in [0.25, 0.3) is 0 Å². The van der Waals surface area contributed by atoms with E-state index in [1.165, 1.54) is 6.42 Å². The Hall–Kier alpha value is -0.0800. The van der Waals surface area contributed by atoms with Gasteiger partial charge in [-0.15, -0.1) is 0 Å². The fourth-order valence-electron chi connectivity index (χ4n) is 2.44. The van der Waals surface area contributed by atoms with Gasteiger partial charge in [0, 0.05) is 12.6 Å². The Morgan fingerprint density at radius 2 is 2.08 bits per heavy atom. The molecule has 2 aliphatic heterocycles. The van der Waals surface area contributed by atoms with Gasteiger partial charge >= 0.3 is 0 Å². The van der Waals surface area contributed by atoms with Crippen molar-refractivity contribution in [3.05, 3.63) is 0 Å². The molecule has 0 aromatic rings. The first-order chi connectivity index (χ1) is 5.45. The first kappa shape index (κ1) is 8.52. The summed E-state index contributed by atoms with van der Waals surface area (Å²) in [5, 5.41) is 0. The highest BCUT2D eigenvalue weighted by Gasteiger charge is 2.55. The Balaban J connectivity index is 2.24. The monoisotopic (exact) mass is 169 g/mol. The minimum Gasteiger partial charge on any atom is -0.371 e. The number of hydrogen-bond donors (Lipinski definition) is 0. The zero-order valence-electron chi connectivity index (χ0n) is 8.55. The number of fused-ring (bicyclic) bond motifs is 2. The number of ether oxygens (including phenoxy) is 1. The Morgan fingerprint density at radius 3 is 2.33 bits per heavy atom. The molecule has 0 aliphatic carbocycles. The molecule has 2 heterocycles. The second-order valence-electron chi connectivity index (χ2n) is 5.33. The molecular formula is C10H19NO. The molecule has 12 heavy (non-hydrogen) atoms. The minimum atomic E-state index is 0.145. The molecule has 0 spiro atoms. The largest absolute Gasteiger partial charge is 0.371 e. The van der Waals surface area contributed by atoms with Gasteiger partial charge in [0.1, 0.15) is 0 Å². The van der Waals surface area contributed by atoms with Gasteiger partial charge in [-0.3, -0.25) is 4.90 Å². The number of likely N-dealkylation sites (N-methyl/N-ethyl adjacent to an activating group) is 1. The van der Waals surface area contributed by atoms with Gasteiger partial charge in [0.05, 0.1) is 12.2 Å². The van der Waals surface area contributed by atoms with Gasteiger partial charge < -0.3 is 4.74 Å². The molecule has 2 saturated heterocycles. The summed E-state index contributed by atoms with van der Waals surface area (Å²) in [6.45, 7) is 8.91. The summed E-state index contributed by atoms with van der Waals surface area (Å²) < 4.78 is 5.93. The van der Waals surface area contributed by atoms with Crippen LogP contribution in [0, 0.1) is 5.41 Å². The quantitative estimate of drug-likeness (QED) is 0.545. The average Bonchev–Trinajstić information content (AvgIpc) is 2.42. The van der Waals surface area contributed by atoms with Crippen molar-refractivity contribution >= 4 is 0 Å². The molecule has 0 saturated carbocycles. The zero-order chi connectivity index (χ0) is 8.98. The molecule has 2 nitrogen and oxygen atoms in total. The fraction of sp³-hybridized carbons (Fsp3) is 1.00. The summed E-state index contributed by atoms with van der Waals surface area (Å²) in [6, 6.07) is 0.684. The standard InChI is InChI=1S/C10H19NO/c1-9(2,3)10-5-8(6-12-10)11(4)7-10/h8H,5-7H2,1-4H3/t8-,10-/m1/s1. The third-order valence-corrected chi connectivity index (χ3v) is 3.61. The maximum atomic E-state index is 5.93. The van der Waals surface area contributed by atoms with Gasteiger partial charge in [-0.25, -0.2) is 0 Å². The lowest BCUT2D eigenvalue weighted by molar-refractivity contribution is -0.102. The third kappa shape index (κ3) is 0.944. The Bertz CT molecular complexity index is 193. The van der Waals surface area contributed by atoms with Crippen molar-refractivity contribution in [2.75, 3.05) is 20.2 Å². The van der Waals surface area contributed by atoms with Crippen LogP contribution in [-0.4, -0.2) is 36.7 Å². The zero-order valence-corrected chi connectivity index (χ0v) is 8.55. The molecule has 2 bridgehead atoms. The molecule has 2 fully saturated rings. The van der Waals surface area contributed by atoms with Gasteiger partial charge in [0.15, 0.2) is 0 Å². The molecule has 2 rings (SSSR count). The summed E-state index contributed by atoms with van der Waals surface area (Å²) in [5.41, 5.74) is 0.429. The van der Waals surface area contributed by atoms with Crippen LogP contribution in [0.3, 0.4) is 0 Å². The molecule has 2 aliphatic rings. The molecule has 0 radical (unpaired) electrons. The van der Waals surface area contributed by atoms with Crippen molar-refractivity contribution in [3.8, 4) is 0 Å². The SMILES string of the molecule is CN1C[C@@]2(C(C)(C)C)C[C@@H]1CO2. The summed E-state index contributed by atoms with van der Waals surface area (Å²) >= 11 is 0. The average molecular weight is 169 g/mol. The lowest BCUT2D eigenvalue weighted by atomic mass is 9.76. The van der Waals surface area contributed by atoms with E-state index in [-0.39, 0.29) is 11.0 Å². The lowest BCUT2D eigenvalue weighted by Gasteiger charge is -2.41. The van der Waals surface area contributed by atoms with Crippen LogP contribution < -0.4 is 0 Å². The summed E-state index contributed by atoms with van der Waals surface area (Å²) in [5.74, 6) is 0. The van der Waals surface area contributed by atoms with Crippen LogP contribution in [0.25, 0.3) is 0 Å². The summed E-state index contributed by atoms with van der Waals surface area (Å²) in [6.07, 6.45) is 1.23. The summed E-state index contributed by atoms with van der Waals surface area (Å²) in [7, 11) is 2.21. The van der Waals surface area contributed by atoms with E-state index in [9.17, 15) is 0 Å². The van der Waals surface area contributed by atoms with Crippen molar-refractivity contribution in [2.45, 2.75) is 38.8 Å². The molecule has 2 atom stereocenters. The van der Waals surface area contributed by atoms with E-state index in [0.717, 1.165) is 13.2 Å². The van der Waals surface area contributed by atoms with Gasteiger partial charge in [0.2, 0.25) is 0 Å². The Kier molecular flexibility index (Phi) is 1.59. The molecule has 0 unspecified atom stereocenters. The minimum absolute atomic E-state index is 0.145. The van der Waals surface area contributed by atoms with Crippen LogP contribution in [0.4, 0.5) is 0 Å². The number of nitrogens with zero attached hydrogens (tertiary/aromatic N) is 1. The van der Waals surface area contributed by atoms with Crippen LogP contribution in [0.1, 0.15) is 27.2 Å². The fourth-order valence-corrected chi connectivity index (χ4v) is 2.44. The highest BCUT2D eigenvalue weighted by Crippen LogP contribution is 2.47.